The first kappa shape index (κ1) is 18.7. The van der Waals surface area contributed by atoms with Crippen molar-refractivity contribution in [1.29, 1.82) is 0 Å². The number of hydrogen-bond donors (Lipinski definition) is 1. The molecule has 138 valence electrons. The van der Waals surface area contributed by atoms with Gasteiger partial charge in [0.05, 0.1) is 10.0 Å². The minimum atomic E-state index is -1.10. The molecule has 1 fully saturated rings. The third kappa shape index (κ3) is 4.35. The molecule has 3 rings (SSSR count). The van der Waals surface area contributed by atoms with Gasteiger partial charge >= 0.3 is 5.97 Å². The summed E-state index contributed by atoms with van der Waals surface area (Å²) < 4.78 is 1.22. The van der Waals surface area contributed by atoms with E-state index >= 15 is 0 Å². The van der Waals surface area contributed by atoms with E-state index in [1.165, 1.54) is 16.9 Å². The van der Waals surface area contributed by atoms with E-state index < -0.39 is 5.97 Å². The van der Waals surface area contributed by atoms with Crippen LogP contribution in [0.5, 0.6) is 0 Å². The number of carboxylic acids is 1. The van der Waals surface area contributed by atoms with Gasteiger partial charge in [0.1, 0.15) is 12.2 Å². The van der Waals surface area contributed by atoms with Gasteiger partial charge in [-0.2, -0.15) is 5.10 Å². The number of hydrogen-bond acceptors (Lipinski definition) is 4. The highest BCUT2D eigenvalue weighted by atomic mass is 35.5. The van der Waals surface area contributed by atoms with E-state index in [-0.39, 0.29) is 18.1 Å². The van der Waals surface area contributed by atoms with Gasteiger partial charge in [-0.3, -0.25) is 9.69 Å². The molecule has 0 bridgehead atoms. The average molecular weight is 397 g/mol. The molecule has 1 aromatic carbocycles. The minimum absolute atomic E-state index is 0.0107. The summed E-state index contributed by atoms with van der Waals surface area (Å²) in [6.45, 7) is 3.31. The zero-order chi connectivity index (χ0) is 18.7. The highest BCUT2D eigenvalue weighted by Gasteiger charge is 2.23. The first-order valence-corrected chi connectivity index (χ1v) is 8.89. The van der Waals surface area contributed by atoms with Crippen molar-refractivity contribution < 1.29 is 14.7 Å². The SMILES string of the molecule is O=C(O)c1ccnn1CC(=O)N1CCN(Cc2ccc(Cl)c(Cl)c2)CC1. The molecule has 9 heteroatoms. The lowest BCUT2D eigenvalue weighted by atomic mass is 10.2. The monoisotopic (exact) mass is 396 g/mol. The number of carboxylic acid groups (broad SMARTS) is 1. The molecule has 2 aromatic rings. The number of rotatable bonds is 5. The highest BCUT2D eigenvalue weighted by molar-refractivity contribution is 6.42. The van der Waals surface area contributed by atoms with Crippen molar-refractivity contribution in [2.45, 2.75) is 13.1 Å². The number of nitrogens with zero attached hydrogens (tertiary/aromatic N) is 4. The summed E-state index contributed by atoms with van der Waals surface area (Å²) in [6, 6.07) is 6.96. The van der Waals surface area contributed by atoms with Crippen LogP contribution < -0.4 is 0 Å². The summed E-state index contributed by atoms with van der Waals surface area (Å²) in [5, 5.41) is 14.1. The molecule has 1 aromatic heterocycles. The standard InChI is InChI=1S/C17H18Cl2N4O3/c18-13-2-1-12(9-14(13)19)10-21-5-7-22(8-6-21)16(24)11-23-15(17(25)26)3-4-20-23/h1-4,9H,5-8,10-11H2,(H,25,26). The quantitative estimate of drug-likeness (QED) is 0.837. The van der Waals surface area contributed by atoms with Crippen molar-refractivity contribution >= 4 is 35.1 Å². The topological polar surface area (TPSA) is 78.7 Å². The lowest BCUT2D eigenvalue weighted by Gasteiger charge is -2.34. The van der Waals surface area contributed by atoms with Gasteiger partial charge in [-0.05, 0) is 23.8 Å². The Morgan fingerprint density at radius 1 is 1.08 bits per heavy atom. The molecule has 1 amide bonds. The molecule has 26 heavy (non-hydrogen) atoms. The Hall–Kier alpha value is -2.09. The summed E-state index contributed by atoms with van der Waals surface area (Å²) in [5.74, 6) is -1.23. The van der Waals surface area contributed by atoms with Crippen LogP contribution in [0.25, 0.3) is 0 Å². The number of carbonyl (C=O) groups is 2. The van der Waals surface area contributed by atoms with Crippen LogP contribution in [-0.2, 0) is 17.9 Å². The van der Waals surface area contributed by atoms with E-state index in [9.17, 15) is 9.59 Å². The average Bonchev–Trinajstić information content (AvgIpc) is 3.07. The Balaban J connectivity index is 1.53. The maximum Gasteiger partial charge on any atom is 0.354 e. The second-order valence-corrected chi connectivity index (χ2v) is 6.90. The van der Waals surface area contributed by atoms with Crippen molar-refractivity contribution in [3.8, 4) is 0 Å². The van der Waals surface area contributed by atoms with Gasteiger partial charge in [0.25, 0.3) is 0 Å². The van der Waals surface area contributed by atoms with Crippen molar-refractivity contribution in [1.82, 2.24) is 19.6 Å². The van der Waals surface area contributed by atoms with Crippen LogP contribution >= 0.6 is 23.2 Å². The molecule has 2 heterocycles. The van der Waals surface area contributed by atoms with Crippen LogP contribution in [0.15, 0.2) is 30.5 Å². The zero-order valence-corrected chi connectivity index (χ0v) is 15.4. The molecular formula is C17H18Cl2N4O3. The molecule has 0 radical (unpaired) electrons. The van der Waals surface area contributed by atoms with Gasteiger partial charge < -0.3 is 10.0 Å². The number of halogens is 2. The van der Waals surface area contributed by atoms with E-state index in [1.54, 1.807) is 11.0 Å². The third-order valence-corrected chi connectivity index (χ3v) is 5.07. The molecule has 1 N–H and O–H groups in total. The normalized spacial score (nSPS) is 15.2. The predicted molar refractivity (Wildman–Crippen MR) is 97.5 cm³/mol. The first-order chi connectivity index (χ1) is 12.4. The summed E-state index contributed by atoms with van der Waals surface area (Å²) in [4.78, 5) is 27.5. The Labute approximate surface area is 160 Å². The number of piperazine rings is 1. The van der Waals surface area contributed by atoms with Crippen LogP contribution in [-0.4, -0.2) is 62.7 Å². The van der Waals surface area contributed by atoms with Crippen molar-refractivity contribution in [2.24, 2.45) is 0 Å². The van der Waals surface area contributed by atoms with Gasteiger partial charge in [0.2, 0.25) is 5.91 Å². The van der Waals surface area contributed by atoms with Gasteiger partial charge in [-0.1, -0.05) is 29.3 Å². The summed E-state index contributed by atoms with van der Waals surface area (Å²) in [7, 11) is 0. The Bertz CT molecular complexity index is 816. The fraction of sp³-hybridized carbons (Fsp3) is 0.353. The molecule has 1 aliphatic heterocycles. The van der Waals surface area contributed by atoms with E-state index in [1.807, 2.05) is 12.1 Å². The fourth-order valence-electron chi connectivity index (χ4n) is 2.92. The molecule has 0 saturated carbocycles. The summed E-state index contributed by atoms with van der Waals surface area (Å²) in [5.41, 5.74) is 1.08. The van der Waals surface area contributed by atoms with Gasteiger partial charge in [-0.25, -0.2) is 9.48 Å². The van der Waals surface area contributed by atoms with Gasteiger partial charge in [0, 0.05) is 38.9 Å². The lowest BCUT2D eigenvalue weighted by molar-refractivity contribution is -0.133. The second-order valence-electron chi connectivity index (χ2n) is 6.08. The highest BCUT2D eigenvalue weighted by Crippen LogP contribution is 2.23. The van der Waals surface area contributed by atoms with Crippen LogP contribution in [0.3, 0.4) is 0 Å². The molecule has 0 unspecified atom stereocenters. The van der Waals surface area contributed by atoms with Gasteiger partial charge in [-0.15, -0.1) is 0 Å². The van der Waals surface area contributed by atoms with E-state index in [2.05, 4.69) is 10.00 Å². The Morgan fingerprint density at radius 3 is 2.46 bits per heavy atom. The predicted octanol–water partition coefficient (Wildman–Crippen LogP) is 2.23. The van der Waals surface area contributed by atoms with Crippen molar-refractivity contribution in [3.63, 3.8) is 0 Å². The Kier molecular flexibility index (Phi) is 5.80. The lowest BCUT2D eigenvalue weighted by Crippen LogP contribution is -2.49. The smallest absolute Gasteiger partial charge is 0.354 e. The van der Waals surface area contributed by atoms with Crippen LogP contribution in [0.2, 0.25) is 10.0 Å². The van der Waals surface area contributed by atoms with Crippen molar-refractivity contribution in [3.05, 3.63) is 51.8 Å². The molecule has 0 aliphatic carbocycles. The van der Waals surface area contributed by atoms with E-state index in [0.717, 1.165) is 25.2 Å². The number of amides is 1. The van der Waals surface area contributed by atoms with E-state index in [0.29, 0.717) is 23.1 Å². The molecule has 0 spiro atoms. The first-order valence-electron chi connectivity index (χ1n) is 8.13. The second kappa shape index (κ2) is 8.07. The fourth-order valence-corrected chi connectivity index (χ4v) is 3.24. The number of aromatic nitrogens is 2. The third-order valence-electron chi connectivity index (χ3n) is 4.34. The van der Waals surface area contributed by atoms with Crippen LogP contribution in [0.1, 0.15) is 16.1 Å². The van der Waals surface area contributed by atoms with E-state index in [4.69, 9.17) is 28.3 Å². The van der Waals surface area contributed by atoms with Gasteiger partial charge in [0.15, 0.2) is 0 Å². The Morgan fingerprint density at radius 2 is 1.81 bits per heavy atom. The molecule has 1 saturated heterocycles. The number of aromatic carboxylic acids is 1. The van der Waals surface area contributed by atoms with Crippen LogP contribution in [0.4, 0.5) is 0 Å². The molecular weight excluding hydrogens is 379 g/mol. The van der Waals surface area contributed by atoms with Crippen LogP contribution in [0, 0.1) is 0 Å². The summed E-state index contributed by atoms with van der Waals surface area (Å²) in [6.07, 6.45) is 1.38. The maximum absolute atomic E-state index is 12.4. The maximum atomic E-state index is 12.4. The number of benzene rings is 1. The number of carbonyl (C=O) groups excluding carboxylic acids is 1. The molecule has 7 nitrogen and oxygen atoms in total. The molecule has 1 aliphatic rings. The molecule has 0 atom stereocenters. The summed E-state index contributed by atoms with van der Waals surface area (Å²) >= 11 is 12.0. The minimum Gasteiger partial charge on any atom is -0.477 e. The van der Waals surface area contributed by atoms with Crippen molar-refractivity contribution in [2.75, 3.05) is 26.2 Å². The largest absolute Gasteiger partial charge is 0.477 e. The zero-order valence-electron chi connectivity index (χ0n) is 13.9.